The molecule has 0 aliphatic heterocycles. The van der Waals surface area contributed by atoms with Crippen LogP contribution in [-0.4, -0.2) is 34.2 Å². The van der Waals surface area contributed by atoms with Crippen LogP contribution in [0.4, 0.5) is 5.82 Å². The molecule has 10 heteroatoms. The lowest BCUT2D eigenvalue weighted by Gasteiger charge is -2.15. The molecule has 5 N–H and O–H groups in total. The Hall–Kier alpha value is -3.98. The first-order valence-electron chi connectivity index (χ1n) is 8.81. The monoisotopic (exact) mass is 444 g/mol. The molecular formula is C21H17ClN2O7. The molecule has 0 bridgehead atoms. The number of carboxylic acids is 2. The Kier molecular flexibility index (Phi) is 6.17. The fourth-order valence-electron chi connectivity index (χ4n) is 3.07. The summed E-state index contributed by atoms with van der Waals surface area (Å²) < 4.78 is 11.0. The smallest absolute Gasteiger partial charge is 0.342 e. The normalized spacial score (nSPS) is 10.5. The fraction of sp³-hybridized carbons (Fsp3) is 0.0952. The molecule has 0 unspecified atom stereocenters. The minimum Gasteiger partial charge on any atom is -0.496 e. The van der Waals surface area contributed by atoms with Gasteiger partial charge in [-0.25, -0.2) is 9.59 Å². The van der Waals surface area contributed by atoms with Gasteiger partial charge in [0.05, 0.1) is 7.11 Å². The van der Waals surface area contributed by atoms with Crippen molar-refractivity contribution in [2.24, 2.45) is 0 Å². The van der Waals surface area contributed by atoms with E-state index in [2.05, 4.69) is 4.98 Å². The van der Waals surface area contributed by atoms with Crippen molar-refractivity contribution in [2.45, 2.75) is 6.61 Å². The molecule has 0 atom stereocenters. The molecule has 9 nitrogen and oxygen atoms in total. The second kappa shape index (κ2) is 8.80. The van der Waals surface area contributed by atoms with Crippen LogP contribution in [-0.2, 0) is 6.61 Å². The largest absolute Gasteiger partial charge is 0.496 e. The number of hydrogen-bond donors (Lipinski definition) is 4. The number of carbonyl (C=O) groups is 2. The second-order valence-electron chi connectivity index (χ2n) is 6.37. The number of benzene rings is 2. The number of H-pyrrole nitrogens is 1. The SMILES string of the molecule is COc1ccc(-c2c(C(=O)O)c(N)[nH]c(=O)c2C(=O)O)cc1COc1ccc(Cl)cc1. The summed E-state index contributed by atoms with van der Waals surface area (Å²) in [5.41, 5.74) is 3.74. The molecule has 1 aromatic heterocycles. The number of anilines is 1. The lowest BCUT2D eigenvalue weighted by Crippen LogP contribution is -2.24. The van der Waals surface area contributed by atoms with Gasteiger partial charge in [0.1, 0.15) is 35.1 Å². The van der Waals surface area contributed by atoms with Gasteiger partial charge in [0.15, 0.2) is 0 Å². The van der Waals surface area contributed by atoms with E-state index in [0.29, 0.717) is 22.1 Å². The maximum Gasteiger partial charge on any atom is 0.342 e. The molecule has 3 rings (SSSR count). The van der Waals surface area contributed by atoms with Crippen molar-refractivity contribution in [3.8, 4) is 22.6 Å². The summed E-state index contributed by atoms with van der Waals surface area (Å²) in [5.74, 6) is -2.58. The number of methoxy groups -OCH3 is 1. The summed E-state index contributed by atoms with van der Waals surface area (Å²) in [6.45, 7) is 0.0160. The van der Waals surface area contributed by atoms with Crippen molar-refractivity contribution < 1.29 is 29.3 Å². The van der Waals surface area contributed by atoms with Gasteiger partial charge in [-0.05, 0) is 42.0 Å². The molecule has 1 heterocycles. The van der Waals surface area contributed by atoms with Crippen molar-refractivity contribution in [3.63, 3.8) is 0 Å². The Bertz CT molecular complexity index is 1220. The van der Waals surface area contributed by atoms with Gasteiger partial charge in [-0.3, -0.25) is 4.79 Å². The number of aromatic nitrogens is 1. The third-order valence-corrected chi connectivity index (χ3v) is 4.70. The van der Waals surface area contributed by atoms with Crippen molar-refractivity contribution in [2.75, 3.05) is 12.8 Å². The van der Waals surface area contributed by atoms with E-state index in [0.717, 1.165) is 0 Å². The number of hydrogen-bond acceptors (Lipinski definition) is 6. The van der Waals surface area contributed by atoms with E-state index < -0.39 is 34.4 Å². The molecule has 2 aromatic carbocycles. The number of carboxylic acid groups (broad SMARTS) is 2. The van der Waals surface area contributed by atoms with Crippen LogP contribution >= 0.6 is 11.6 Å². The van der Waals surface area contributed by atoms with E-state index in [1.807, 2.05) is 0 Å². The molecule has 0 aliphatic rings. The highest BCUT2D eigenvalue weighted by molar-refractivity contribution is 6.30. The molecule has 0 amide bonds. The van der Waals surface area contributed by atoms with Crippen molar-refractivity contribution in [3.05, 3.63) is 74.5 Å². The third-order valence-electron chi connectivity index (χ3n) is 4.45. The summed E-state index contributed by atoms with van der Waals surface area (Å²) in [7, 11) is 1.44. The van der Waals surface area contributed by atoms with Gasteiger partial charge < -0.3 is 30.4 Å². The van der Waals surface area contributed by atoms with E-state index in [9.17, 15) is 24.6 Å². The van der Waals surface area contributed by atoms with E-state index in [1.54, 1.807) is 24.3 Å². The number of aromatic amines is 1. The lowest BCUT2D eigenvalue weighted by atomic mass is 9.94. The average Bonchev–Trinajstić information content (AvgIpc) is 2.71. The van der Waals surface area contributed by atoms with Gasteiger partial charge in [0.2, 0.25) is 0 Å². The Morgan fingerprint density at radius 3 is 2.29 bits per heavy atom. The van der Waals surface area contributed by atoms with Gasteiger partial charge in [-0.1, -0.05) is 17.7 Å². The highest BCUT2D eigenvalue weighted by Gasteiger charge is 2.27. The van der Waals surface area contributed by atoms with E-state index in [-0.39, 0.29) is 17.7 Å². The van der Waals surface area contributed by atoms with Gasteiger partial charge in [-0.2, -0.15) is 0 Å². The standard InChI is InChI=1S/C21H17ClN2O7/c1-30-14-7-2-10(8-11(14)9-31-13-5-3-12(22)4-6-13)15-16(20(26)27)18(23)24-19(25)17(15)21(28)29/h2-8H,9H2,1H3,(H,26,27)(H,28,29)(H3,23,24,25). The zero-order valence-electron chi connectivity index (χ0n) is 16.1. The Labute approximate surface area is 180 Å². The Balaban J connectivity index is 2.14. The highest BCUT2D eigenvalue weighted by Crippen LogP contribution is 2.33. The Morgan fingerprint density at radius 1 is 1.06 bits per heavy atom. The van der Waals surface area contributed by atoms with E-state index >= 15 is 0 Å². The van der Waals surface area contributed by atoms with E-state index in [1.165, 1.54) is 25.3 Å². The first-order valence-corrected chi connectivity index (χ1v) is 9.18. The third kappa shape index (κ3) is 4.46. The molecule has 160 valence electrons. The number of ether oxygens (including phenoxy) is 2. The van der Waals surface area contributed by atoms with Gasteiger partial charge in [-0.15, -0.1) is 0 Å². The first-order chi connectivity index (χ1) is 14.7. The number of nitrogens with one attached hydrogen (secondary N) is 1. The number of nitrogens with two attached hydrogens (primary N) is 1. The van der Waals surface area contributed by atoms with Crippen LogP contribution in [0.15, 0.2) is 47.3 Å². The van der Waals surface area contributed by atoms with Crippen LogP contribution in [0.3, 0.4) is 0 Å². The maximum absolute atomic E-state index is 12.2. The summed E-state index contributed by atoms with van der Waals surface area (Å²) in [6, 6.07) is 11.1. The molecule has 0 radical (unpaired) electrons. The van der Waals surface area contributed by atoms with Gasteiger partial charge in [0, 0.05) is 16.1 Å². The number of halogens is 1. The summed E-state index contributed by atoms with van der Waals surface area (Å²) in [5, 5.41) is 19.7. The van der Waals surface area contributed by atoms with Crippen LogP contribution in [0.2, 0.25) is 5.02 Å². The summed E-state index contributed by atoms with van der Waals surface area (Å²) in [4.78, 5) is 37.8. The number of aromatic carboxylic acids is 2. The van der Waals surface area contributed by atoms with Crippen LogP contribution in [0, 0.1) is 0 Å². The molecule has 0 saturated heterocycles. The quantitative estimate of drug-likeness (QED) is 0.433. The minimum atomic E-state index is -1.59. The average molecular weight is 445 g/mol. The summed E-state index contributed by atoms with van der Waals surface area (Å²) in [6.07, 6.45) is 0. The molecule has 0 saturated carbocycles. The number of pyridine rings is 1. The second-order valence-corrected chi connectivity index (χ2v) is 6.81. The highest BCUT2D eigenvalue weighted by atomic mass is 35.5. The predicted octanol–water partition coefficient (Wildman–Crippen LogP) is 3.26. The van der Waals surface area contributed by atoms with E-state index in [4.69, 9.17) is 26.8 Å². The van der Waals surface area contributed by atoms with Crippen molar-refractivity contribution in [1.29, 1.82) is 0 Å². The number of nitrogen functional groups attached to an aromatic ring is 1. The first kappa shape index (κ1) is 21.7. The van der Waals surface area contributed by atoms with Crippen molar-refractivity contribution in [1.82, 2.24) is 4.98 Å². The maximum atomic E-state index is 12.2. The zero-order chi connectivity index (χ0) is 22.7. The molecule has 0 spiro atoms. The topological polar surface area (TPSA) is 152 Å². The van der Waals surface area contributed by atoms with Crippen LogP contribution in [0.25, 0.3) is 11.1 Å². The molecule has 0 aliphatic carbocycles. The van der Waals surface area contributed by atoms with Crippen LogP contribution in [0.1, 0.15) is 26.3 Å². The van der Waals surface area contributed by atoms with Crippen molar-refractivity contribution >= 4 is 29.4 Å². The van der Waals surface area contributed by atoms with Crippen LogP contribution < -0.4 is 20.8 Å². The zero-order valence-corrected chi connectivity index (χ0v) is 16.9. The minimum absolute atomic E-state index is 0.0160. The van der Waals surface area contributed by atoms with Crippen LogP contribution in [0.5, 0.6) is 11.5 Å². The lowest BCUT2D eigenvalue weighted by molar-refractivity contribution is 0.0695. The molecule has 0 fully saturated rings. The molecule has 31 heavy (non-hydrogen) atoms. The summed E-state index contributed by atoms with van der Waals surface area (Å²) >= 11 is 5.86. The molecule has 3 aromatic rings. The van der Waals surface area contributed by atoms with Gasteiger partial charge >= 0.3 is 11.9 Å². The fourth-order valence-corrected chi connectivity index (χ4v) is 3.20. The predicted molar refractivity (Wildman–Crippen MR) is 113 cm³/mol. The van der Waals surface area contributed by atoms with Gasteiger partial charge in [0.25, 0.3) is 5.56 Å². The number of rotatable bonds is 7. The molecular weight excluding hydrogens is 428 g/mol. The Morgan fingerprint density at radius 2 is 1.71 bits per heavy atom.